The second-order valence-corrected chi connectivity index (χ2v) is 3.98. The Kier molecular flexibility index (Phi) is 4.11. The largest absolute Gasteiger partial charge is 0.496 e. The van der Waals surface area contributed by atoms with E-state index in [0.29, 0.717) is 30.4 Å². The van der Waals surface area contributed by atoms with Gasteiger partial charge in [-0.15, -0.1) is 0 Å². The van der Waals surface area contributed by atoms with E-state index < -0.39 is 0 Å². The van der Waals surface area contributed by atoms with E-state index in [1.807, 2.05) is 0 Å². The Bertz CT molecular complexity index is 601. The van der Waals surface area contributed by atoms with Gasteiger partial charge in [-0.25, -0.2) is 0 Å². The highest BCUT2D eigenvalue weighted by Crippen LogP contribution is 2.19. The molecule has 0 bridgehead atoms. The number of hydrogen-bond donors (Lipinski definition) is 1. The van der Waals surface area contributed by atoms with Gasteiger partial charge in [-0.1, -0.05) is 5.16 Å². The molecule has 0 aliphatic carbocycles. The zero-order valence-corrected chi connectivity index (χ0v) is 10.8. The first-order valence-corrected chi connectivity index (χ1v) is 5.80. The van der Waals surface area contributed by atoms with E-state index in [4.69, 9.17) is 14.5 Å². The number of benzene rings is 1. The molecule has 0 radical (unpaired) electrons. The van der Waals surface area contributed by atoms with Gasteiger partial charge in [0.2, 0.25) is 5.89 Å². The number of nitrogens with one attached hydrogen (secondary N) is 1. The lowest BCUT2D eigenvalue weighted by Gasteiger charge is -2.08. The zero-order valence-electron chi connectivity index (χ0n) is 10.8. The smallest absolute Gasteiger partial charge is 0.240 e. The monoisotopic (exact) mass is 258 g/mol. The van der Waals surface area contributed by atoms with Crippen molar-refractivity contribution in [2.75, 3.05) is 7.11 Å². The van der Waals surface area contributed by atoms with E-state index in [1.165, 1.54) is 0 Å². The lowest BCUT2D eigenvalue weighted by atomic mass is 10.1. The van der Waals surface area contributed by atoms with Crippen LogP contribution in [0.2, 0.25) is 0 Å². The van der Waals surface area contributed by atoms with Crippen LogP contribution in [0.1, 0.15) is 22.8 Å². The van der Waals surface area contributed by atoms with Gasteiger partial charge in [-0.3, -0.25) is 0 Å². The first kappa shape index (κ1) is 13.1. The quantitative estimate of drug-likeness (QED) is 0.875. The van der Waals surface area contributed by atoms with Crippen molar-refractivity contribution in [1.29, 1.82) is 5.26 Å². The molecule has 0 saturated carbocycles. The molecule has 6 heteroatoms. The maximum Gasteiger partial charge on any atom is 0.240 e. The van der Waals surface area contributed by atoms with Crippen LogP contribution < -0.4 is 10.1 Å². The van der Waals surface area contributed by atoms with Crippen LogP contribution >= 0.6 is 0 Å². The molecule has 0 aliphatic rings. The van der Waals surface area contributed by atoms with Crippen LogP contribution in [0.3, 0.4) is 0 Å². The number of rotatable bonds is 5. The van der Waals surface area contributed by atoms with E-state index >= 15 is 0 Å². The number of hydrogen-bond acceptors (Lipinski definition) is 6. The molecular weight excluding hydrogens is 244 g/mol. The molecule has 1 heterocycles. The fraction of sp³-hybridized carbons (Fsp3) is 0.308. The van der Waals surface area contributed by atoms with Crippen molar-refractivity contribution in [3.63, 3.8) is 0 Å². The molecule has 2 rings (SSSR count). The van der Waals surface area contributed by atoms with Crippen molar-refractivity contribution in [3.05, 3.63) is 41.0 Å². The van der Waals surface area contributed by atoms with Crippen LogP contribution in [0.5, 0.6) is 5.75 Å². The van der Waals surface area contributed by atoms with Crippen molar-refractivity contribution in [3.8, 4) is 11.8 Å². The minimum Gasteiger partial charge on any atom is -0.496 e. The molecule has 19 heavy (non-hydrogen) atoms. The summed E-state index contributed by atoms with van der Waals surface area (Å²) < 4.78 is 10.2. The molecule has 0 unspecified atom stereocenters. The van der Waals surface area contributed by atoms with Gasteiger partial charge >= 0.3 is 0 Å². The second kappa shape index (κ2) is 5.98. The lowest BCUT2D eigenvalue weighted by molar-refractivity contribution is 0.362. The maximum absolute atomic E-state index is 8.89. The number of nitrogens with zero attached hydrogens (tertiary/aromatic N) is 3. The molecule has 2 aromatic rings. The molecule has 0 fully saturated rings. The third kappa shape index (κ3) is 3.30. The third-order valence-corrected chi connectivity index (χ3v) is 2.57. The number of methoxy groups -OCH3 is 1. The topological polar surface area (TPSA) is 84.0 Å². The van der Waals surface area contributed by atoms with E-state index in [9.17, 15) is 0 Å². The van der Waals surface area contributed by atoms with Crippen LogP contribution in [0.25, 0.3) is 0 Å². The van der Waals surface area contributed by atoms with Crippen LogP contribution in [-0.2, 0) is 13.1 Å². The average molecular weight is 258 g/mol. The SMILES string of the molecule is COc1ccc(C#N)cc1CNCc1nc(C)no1. The van der Waals surface area contributed by atoms with Crippen LogP contribution in [0.4, 0.5) is 0 Å². The standard InChI is InChI=1S/C13H14N4O2/c1-9-16-13(19-17-9)8-15-7-11-5-10(6-14)3-4-12(11)18-2/h3-5,15H,7-8H2,1-2H3. The minimum absolute atomic E-state index is 0.473. The summed E-state index contributed by atoms with van der Waals surface area (Å²) >= 11 is 0. The van der Waals surface area contributed by atoms with E-state index in [0.717, 1.165) is 11.3 Å². The van der Waals surface area contributed by atoms with Crippen molar-refractivity contribution >= 4 is 0 Å². The van der Waals surface area contributed by atoms with Crippen molar-refractivity contribution < 1.29 is 9.26 Å². The van der Waals surface area contributed by atoms with E-state index in [1.54, 1.807) is 32.2 Å². The minimum atomic E-state index is 0.473. The van der Waals surface area contributed by atoms with Gasteiger partial charge in [0.15, 0.2) is 5.82 Å². The summed E-state index contributed by atoms with van der Waals surface area (Å²) in [5, 5.41) is 15.8. The number of ether oxygens (including phenoxy) is 1. The average Bonchev–Trinajstić information content (AvgIpc) is 2.84. The van der Waals surface area contributed by atoms with Crippen LogP contribution in [0.15, 0.2) is 22.7 Å². The Morgan fingerprint density at radius 3 is 2.89 bits per heavy atom. The molecule has 6 nitrogen and oxygen atoms in total. The first-order valence-electron chi connectivity index (χ1n) is 5.80. The second-order valence-electron chi connectivity index (χ2n) is 3.98. The van der Waals surface area contributed by atoms with Gasteiger partial charge in [0.05, 0.1) is 25.3 Å². The zero-order chi connectivity index (χ0) is 13.7. The predicted molar refractivity (Wildman–Crippen MR) is 67.3 cm³/mol. The number of aromatic nitrogens is 2. The summed E-state index contributed by atoms with van der Waals surface area (Å²) in [5.74, 6) is 1.89. The van der Waals surface area contributed by atoms with Gasteiger partial charge in [0.1, 0.15) is 5.75 Å². The first-order chi connectivity index (χ1) is 9.22. The number of aryl methyl sites for hydroxylation is 1. The Labute approximate surface area is 111 Å². The summed E-state index contributed by atoms with van der Waals surface area (Å²) in [4.78, 5) is 4.09. The number of nitriles is 1. The fourth-order valence-corrected chi connectivity index (χ4v) is 1.70. The van der Waals surface area contributed by atoms with Gasteiger partial charge in [0, 0.05) is 12.1 Å². The van der Waals surface area contributed by atoms with Crippen molar-refractivity contribution in [2.45, 2.75) is 20.0 Å². The summed E-state index contributed by atoms with van der Waals surface area (Å²) in [6.45, 7) is 2.80. The molecule has 1 N–H and O–H groups in total. The summed E-state index contributed by atoms with van der Waals surface area (Å²) in [6, 6.07) is 7.41. The predicted octanol–water partition coefficient (Wildman–Crippen LogP) is 1.55. The Morgan fingerprint density at radius 1 is 1.42 bits per heavy atom. The molecule has 0 amide bonds. The summed E-state index contributed by atoms with van der Waals surface area (Å²) in [6.07, 6.45) is 0. The molecule has 1 aromatic carbocycles. The normalized spacial score (nSPS) is 10.2. The molecular formula is C13H14N4O2. The Hall–Kier alpha value is -2.39. The molecule has 98 valence electrons. The summed E-state index contributed by atoms with van der Waals surface area (Å²) in [7, 11) is 1.60. The lowest BCUT2D eigenvalue weighted by Crippen LogP contribution is -2.13. The van der Waals surface area contributed by atoms with Crippen molar-refractivity contribution in [2.24, 2.45) is 0 Å². The Morgan fingerprint density at radius 2 is 2.26 bits per heavy atom. The molecule has 0 saturated heterocycles. The molecule has 0 atom stereocenters. The summed E-state index contributed by atoms with van der Waals surface area (Å²) in [5.41, 5.74) is 1.52. The highest BCUT2D eigenvalue weighted by atomic mass is 16.5. The highest BCUT2D eigenvalue weighted by Gasteiger charge is 2.06. The van der Waals surface area contributed by atoms with Crippen LogP contribution in [0, 0.1) is 18.3 Å². The fourth-order valence-electron chi connectivity index (χ4n) is 1.70. The highest BCUT2D eigenvalue weighted by molar-refractivity contribution is 5.41. The van der Waals surface area contributed by atoms with E-state index in [2.05, 4.69) is 21.5 Å². The third-order valence-electron chi connectivity index (χ3n) is 2.57. The molecule has 0 spiro atoms. The maximum atomic E-state index is 8.89. The van der Waals surface area contributed by atoms with Crippen LogP contribution in [-0.4, -0.2) is 17.3 Å². The van der Waals surface area contributed by atoms with Gasteiger partial charge in [0.25, 0.3) is 0 Å². The molecule has 0 aliphatic heterocycles. The Balaban J connectivity index is 2.00. The van der Waals surface area contributed by atoms with Crippen molar-refractivity contribution in [1.82, 2.24) is 15.5 Å². The van der Waals surface area contributed by atoms with Gasteiger partial charge in [-0.2, -0.15) is 10.2 Å². The van der Waals surface area contributed by atoms with E-state index in [-0.39, 0.29) is 0 Å². The van der Waals surface area contributed by atoms with Gasteiger partial charge < -0.3 is 14.6 Å². The van der Waals surface area contributed by atoms with Gasteiger partial charge in [-0.05, 0) is 25.1 Å². The molecule has 1 aromatic heterocycles.